The molecular weight excluding hydrogens is 380 g/mol. The molecule has 1 N–H and O–H groups in total. The molecule has 1 aliphatic rings. The lowest BCUT2D eigenvalue weighted by molar-refractivity contribution is 0.0587. The number of benzene rings is 2. The van der Waals surface area contributed by atoms with Crippen LogP contribution >= 0.6 is 0 Å². The van der Waals surface area contributed by atoms with E-state index in [9.17, 15) is 24.0 Å². The first-order valence-electron chi connectivity index (χ1n) is 8.37. The molecule has 2 aromatic carbocycles. The van der Waals surface area contributed by atoms with E-state index in [0.29, 0.717) is 0 Å². The van der Waals surface area contributed by atoms with Crippen LogP contribution in [0.15, 0.2) is 36.4 Å². The van der Waals surface area contributed by atoms with Gasteiger partial charge in [0.1, 0.15) is 0 Å². The van der Waals surface area contributed by atoms with Crippen LogP contribution in [-0.4, -0.2) is 55.8 Å². The number of rotatable bonds is 4. The van der Waals surface area contributed by atoms with Gasteiger partial charge < -0.3 is 14.8 Å². The summed E-state index contributed by atoms with van der Waals surface area (Å²) in [6.45, 7) is 0. The maximum absolute atomic E-state index is 12.7. The first-order chi connectivity index (χ1) is 13.8. The topological polar surface area (TPSA) is 119 Å². The zero-order valence-electron chi connectivity index (χ0n) is 15.8. The number of esters is 2. The van der Waals surface area contributed by atoms with Gasteiger partial charge in [0.25, 0.3) is 17.7 Å². The van der Waals surface area contributed by atoms with Gasteiger partial charge in [0.2, 0.25) is 0 Å². The van der Waals surface area contributed by atoms with Crippen molar-refractivity contribution in [1.29, 1.82) is 0 Å². The minimum absolute atomic E-state index is 0.0284. The SMILES string of the molecule is COC(=O)c1ccc(C(=O)OC)c(NC(=O)c2ccc3c(c2)C(=O)N(C)C3=O)c1. The van der Waals surface area contributed by atoms with Gasteiger partial charge in [-0.3, -0.25) is 19.3 Å². The van der Waals surface area contributed by atoms with Gasteiger partial charge in [-0.2, -0.15) is 0 Å². The molecule has 0 radical (unpaired) electrons. The molecule has 0 saturated carbocycles. The first-order valence-corrected chi connectivity index (χ1v) is 8.37. The largest absolute Gasteiger partial charge is 0.465 e. The van der Waals surface area contributed by atoms with Crippen LogP contribution in [0.5, 0.6) is 0 Å². The van der Waals surface area contributed by atoms with Crippen molar-refractivity contribution in [2.45, 2.75) is 0 Å². The molecule has 148 valence electrons. The zero-order valence-corrected chi connectivity index (χ0v) is 15.8. The fraction of sp³-hybridized carbons (Fsp3) is 0.150. The number of carbonyl (C=O) groups is 5. The van der Waals surface area contributed by atoms with Crippen LogP contribution in [-0.2, 0) is 9.47 Å². The Morgan fingerprint density at radius 1 is 0.828 bits per heavy atom. The van der Waals surface area contributed by atoms with Crippen molar-refractivity contribution in [2.24, 2.45) is 0 Å². The molecule has 0 bridgehead atoms. The van der Waals surface area contributed by atoms with Crippen molar-refractivity contribution in [3.8, 4) is 0 Å². The molecule has 0 aromatic heterocycles. The van der Waals surface area contributed by atoms with Crippen LogP contribution in [0.25, 0.3) is 0 Å². The molecule has 2 aromatic rings. The fourth-order valence-electron chi connectivity index (χ4n) is 2.88. The normalized spacial score (nSPS) is 12.4. The number of fused-ring (bicyclic) bond motifs is 1. The van der Waals surface area contributed by atoms with E-state index in [0.717, 1.165) is 4.90 Å². The second kappa shape index (κ2) is 7.55. The van der Waals surface area contributed by atoms with Crippen LogP contribution in [0.1, 0.15) is 51.8 Å². The van der Waals surface area contributed by atoms with E-state index in [2.05, 4.69) is 10.1 Å². The number of carbonyl (C=O) groups excluding carboxylic acids is 5. The number of hydrogen-bond acceptors (Lipinski definition) is 7. The van der Waals surface area contributed by atoms with Crippen molar-refractivity contribution in [1.82, 2.24) is 4.90 Å². The molecule has 0 aliphatic carbocycles. The summed E-state index contributed by atoms with van der Waals surface area (Å²) in [4.78, 5) is 61.5. The number of methoxy groups -OCH3 is 2. The fourth-order valence-corrected chi connectivity index (χ4v) is 2.88. The van der Waals surface area contributed by atoms with E-state index < -0.39 is 29.7 Å². The van der Waals surface area contributed by atoms with Gasteiger partial charge in [-0.25, -0.2) is 9.59 Å². The quantitative estimate of drug-likeness (QED) is 0.617. The highest BCUT2D eigenvalue weighted by Crippen LogP contribution is 2.24. The molecule has 3 rings (SSSR count). The predicted octanol–water partition coefficient (Wildman–Crippen LogP) is 1.74. The summed E-state index contributed by atoms with van der Waals surface area (Å²) in [6.07, 6.45) is 0. The van der Waals surface area contributed by atoms with Gasteiger partial charge in [0.15, 0.2) is 0 Å². The average molecular weight is 396 g/mol. The van der Waals surface area contributed by atoms with Crippen molar-refractivity contribution in [2.75, 3.05) is 26.6 Å². The smallest absolute Gasteiger partial charge is 0.339 e. The monoisotopic (exact) mass is 396 g/mol. The molecule has 3 amide bonds. The van der Waals surface area contributed by atoms with E-state index in [1.54, 1.807) is 0 Å². The van der Waals surface area contributed by atoms with Gasteiger partial charge in [0, 0.05) is 12.6 Å². The Hall–Kier alpha value is -4.01. The van der Waals surface area contributed by atoms with E-state index in [1.165, 1.54) is 57.7 Å². The third-order valence-electron chi connectivity index (χ3n) is 4.45. The number of hydrogen-bond donors (Lipinski definition) is 1. The number of anilines is 1. The standard InChI is InChI=1S/C20H16N2O7/c1-22-17(24)12-6-4-10(8-14(12)18(22)25)16(23)21-15-9-11(19(26)28-2)5-7-13(15)20(27)29-3/h4-9H,1-3H3,(H,21,23). The highest BCUT2D eigenvalue weighted by Gasteiger charge is 2.33. The summed E-state index contributed by atoms with van der Waals surface area (Å²) < 4.78 is 9.34. The van der Waals surface area contributed by atoms with Gasteiger partial charge in [-0.1, -0.05) is 0 Å². The molecule has 0 saturated heterocycles. The van der Waals surface area contributed by atoms with E-state index in [4.69, 9.17) is 4.74 Å². The Morgan fingerprint density at radius 2 is 1.45 bits per heavy atom. The highest BCUT2D eigenvalue weighted by molar-refractivity contribution is 6.22. The molecule has 0 atom stereocenters. The summed E-state index contributed by atoms with van der Waals surface area (Å²) in [5.41, 5.74) is 0.593. The summed E-state index contributed by atoms with van der Waals surface area (Å²) >= 11 is 0. The lowest BCUT2D eigenvalue weighted by Gasteiger charge is -2.12. The molecule has 1 heterocycles. The third-order valence-corrected chi connectivity index (χ3v) is 4.45. The lowest BCUT2D eigenvalue weighted by Crippen LogP contribution is -2.24. The predicted molar refractivity (Wildman–Crippen MR) is 99.9 cm³/mol. The van der Waals surface area contributed by atoms with Crippen LogP contribution in [0.3, 0.4) is 0 Å². The molecule has 0 unspecified atom stereocenters. The number of amides is 3. The molecule has 9 nitrogen and oxygen atoms in total. The average Bonchev–Trinajstić information content (AvgIpc) is 2.96. The summed E-state index contributed by atoms with van der Waals surface area (Å²) in [6, 6.07) is 8.06. The van der Waals surface area contributed by atoms with E-state index >= 15 is 0 Å². The van der Waals surface area contributed by atoms with Gasteiger partial charge >= 0.3 is 11.9 Å². The molecule has 1 aliphatic heterocycles. The minimum atomic E-state index is -0.715. The Balaban J connectivity index is 1.97. The minimum Gasteiger partial charge on any atom is -0.465 e. The van der Waals surface area contributed by atoms with E-state index in [1.807, 2.05) is 0 Å². The number of imide groups is 1. The lowest BCUT2D eigenvalue weighted by atomic mass is 10.0. The van der Waals surface area contributed by atoms with Gasteiger partial charge in [-0.05, 0) is 36.4 Å². The Kier molecular flexibility index (Phi) is 5.14. The third kappa shape index (κ3) is 3.45. The van der Waals surface area contributed by atoms with Crippen molar-refractivity contribution in [3.63, 3.8) is 0 Å². The van der Waals surface area contributed by atoms with Gasteiger partial charge in [0.05, 0.1) is 42.2 Å². The Labute approximate surface area is 165 Å². The molecule has 9 heteroatoms. The second-order valence-electron chi connectivity index (χ2n) is 6.13. The van der Waals surface area contributed by atoms with Gasteiger partial charge in [-0.15, -0.1) is 0 Å². The van der Waals surface area contributed by atoms with Crippen LogP contribution in [0, 0.1) is 0 Å². The van der Waals surface area contributed by atoms with Crippen LogP contribution in [0.2, 0.25) is 0 Å². The number of nitrogens with one attached hydrogen (secondary N) is 1. The van der Waals surface area contributed by atoms with Crippen molar-refractivity contribution < 1.29 is 33.4 Å². The molecule has 0 fully saturated rings. The van der Waals surface area contributed by atoms with Crippen LogP contribution < -0.4 is 5.32 Å². The number of nitrogens with zero attached hydrogens (tertiary/aromatic N) is 1. The molecular formula is C20H16N2O7. The van der Waals surface area contributed by atoms with E-state index in [-0.39, 0.29) is 33.5 Å². The number of ether oxygens (including phenoxy) is 2. The Bertz CT molecular complexity index is 1070. The summed E-state index contributed by atoms with van der Waals surface area (Å²) in [7, 11) is 3.74. The maximum Gasteiger partial charge on any atom is 0.339 e. The Morgan fingerprint density at radius 3 is 2.10 bits per heavy atom. The summed E-state index contributed by atoms with van der Waals surface area (Å²) in [5.74, 6) is -2.97. The summed E-state index contributed by atoms with van der Waals surface area (Å²) in [5, 5.41) is 2.53. The van der Waals surface area contributed by atoms with Crippen molar-refractivity contribution in [3.05, 3.63) is 64.2 Å². The molecule has 29 heavy (non-hydrogen) atoms. The van der Waals surface area contributed by atoms with Crippen molar-refractivity contribution >= 4 is 35.3 Å². The molecule has 0 spiro atoms. The second-order valence-corrected chi connectivity index (χ2v) is 6.13. The zero-order chi connectivity index (χ0) is 21.3. The maximum atomic E-state index is 12.7. The highest BCUT2D eigenvalue weighted by atomic mass is 16.5. The van der Waals surface area contributed by atoms with Crippen LogP contribution in [0.4, 0.5) is 5.69 Å². The first kappa shape index (κ1) is 19.7.